The highest BCUT2D eigenvalue weighted by atomic mass is 32.2. The van der Waals surface area contributed by atoms with E-state index in [9.17, 15) is 13.2 Å². The first kappa shape index (κ1) is 17.8. The zero-order valence-electron chi connectivity index (χ0n) is 13.9. The van der Waals surface area contributed by atoms with Crippen molar-refractivity contribution in [1.82, 2.24) is 14.5 Å². The fraction of sp³-hybridized carbons (Fsp3) is 0.800. The van der Waals surface area contributed by atoms with Gasteiger partial charge in [0.2, 0.25) is 21.1 Å². The number of carbonyl (C=O) groups excluding carboxylic acids is 1. The van der Waals surface area contributed by atoms with E-state index < -0.39 is 10.0 Å². The van der Waals surface area contributed by atoms with Crippen molar-refractivity contribution in [2.45, 2.75) is 51.4 Å². The summed E-state index contributed by atoms with van der Waals surface area (Å²) in [7, 11) is -3.26. The summed E-state index contributed by atoms with van der Waals surface area (Å²) in [6.45, 7) is 2.76. The van der Waals surface area contributed by atoms with Crippen molar-refractivity contribution >= 4 is 32.4 Å². The average Bonchev–Trinajstić information content (AvgIpc) is 3.33. The maximum Gasteiger partial charge on any atom is 0.230 e. The van der Waals surface area contributed by atoms with Crippen molar-refractivity contribution in [3.05, 3.63) is 5.01 Å². The van der Waals surface area contributed by atoms with Gasteiger partial charge in [-0.2, -0.15) is 0 Å². The van der Waals surface area contributed by atoms with Gasteiger partial charge in [-0.05, 0) is 32.1 Å². The van der Waals surface area contributed by atoms with E-state index in [1.54, 1.807) is 0 Å². The Labute approximate surface area is 146 Å². The van der Waals surface area contributed by atoms with E-state index in [1.165, 1.54) is 15.6 Å². The number of amides is 1. The third kappa shape index (κ3) is 4.31. The van der Waals surface area contributed by atoms with Crippen LogP contribution in [0.2, 0.25) is 0 Å². The number of hydrogen-bond acceptors (Lipinski definition) is 6. The van der Waals surface area contributed by atoms with Crippen molar-refractivity contribution in [2.75, 3.05) is 24.2 Å². The smallest absolute Gasteiger partial charge is 0.230 e. The number of nitrogens with one attached hydrogen (secondary N) is 1. The summed E-state index contributed by atoms with van der Waals surface area (Å²) < 4.78 is 26.1. The second kappa shape index (κ2) is 7.45. The van der Waals surface area contributed by atoms with E-state index in [1.807, 2.05) is 6.92 Å². The molecular formula is C15H24N4O3S2. The number of aromatic nitrogens is 2. The second-order valence-electron chi connectivity index (χ2n) is 6.58. The van der Waals surface area contributed by atoms with Crippen molar-refractivity contribution in [3.8, 4) is 0 Å². The number of sulfonamides is 1. The Balaban J connectivity index is 1.57. The summed E-state index contributed by atoms with van der Waals surface area (Å²) >= 11 is 1.43. The van der Waals surface area contributed by atoms with Gasteiger partial charge in [-0.1, -0.05) is 24.7 Å². The lowest BCUT2D eigenvalue weighted by atomic mass is 9.99. The summed E-state index contributed by atoms with van der Waals surface area (Å²) in [5.41, 5.74) is 0. The molecular weight excluding hydrogens is 348 g/mol. The SMILES string of the molecule is CCCCS(=O)(=O)N1CCCC(C(=O)Nc2nnc(C3CC3)s2)C1. The molecule has 24 heavy (non-hydrogen) atoms. The minimum absolute atomic E-state index is 0.149. The van der Waals surface area contributed by atoms with Gasteiger partial charge in [0.25, 0.3) is 0 Å². The lowest BCUT2D eigenvalue weighted by molar-refractivity contribution is -0.120. The molecule has 2 fully saturated rings. The number of rotatable bonds is 7. The second-order valence-corrected chi connectivity index (χ2v) is 9.67. The molecule has 1 N–H and O–H groups in total. The van der Waals surface area contributed by atoms with Gasteiger partial charge in [0.05, 0.1) is 11.7 Å². The molecule has 0 radical (unpaired) electrons. The van der Waals surface area contributed by atoms with Crippen LogP contribution >= 0.6 is 11.3 Å². The van der Waals surface area contributed by atoms with Crippen LogP contribution < -0.4 is 5.32 Å². The van der Waals surface area contributed by atoms with Crippen LogP contribution in [0.1, 0.15) is 56.4 Å². The zero-order valence-corrected chi connectivity index (χ0v) is 15.5. The van der Waals surface area contributed by atoms with Gasteiger partial charge in [0, 0.05) is 19.0 Å². The molecule has 9 heteroatoms. The largest absolute Gasteiger partial charge is 0.300 e. The molecule has 3 rings (SSSR count). The van der Waals surface area contributed by atoms with Crippen molar-refractivity contribution in [1.29, 1.82) is 0 Å². The van der Waals surface area contributed by atoms with Crippen molar-refractivity contribution in [3.63, 3.8) is 0 Å². The van der Waals surface area contributed by atoms with E-state index in [-0.39, 0.29) is 24.1 Å². The maximum absolute atomic E-state index is 12.5. The monoisotopic (exact) mass is 372 g/mol. The fourth-order valence-corrected chi connectivity index (χ4v) is 5.49. The molecule has 1 aliphatic heterocycles. The van der Waals surface area contributed by atoms with Crippen LogP contribution in [0.25, 0.3) is 0 Å². The van der Waals surface area contributed by atoms with Gasteiger partial charge >= 0.3 is 0 Å². The summed E-state index contributed by atoms with van der Waals surface area (Å²) in [4.78, 5) is 12.5. The molecule has 1 saturated heterocycles. The van der Waals surface area contributed by atoms with E-state index in [4.69, 9.17) is 0 Å². The standard InChI is InChI=1S/C15H24N4O3S2/c1-2-3-9-24(21,22)19-8-4-5-12(10-19)13(20)16-15-18-17-14(23-15)11-6-7-11/h11-12H,2-10H2,1H3,(H,16,18,20). The minimum Gasteiger partial charge on any atom is -0.300 e. The quantitative estimate of drug-likeness (QED) is 0.792. The predicted octanol–water partition coefficient (Wildman–Crippen LogP) is 2.20. The topological polar surface area (TPSA) is 92.3 Å². The fourth-order valence-electron chi connectivity index (χ4n) is 2.85. The van der Waals surface area contributed by atoms with E-state index in [2.05, 4.69) is 15.5 Å². The molecule has 1 unspecified atom stereocenters. The van der Waals surface area contributed by atoms with Crippen LogP contribution in [0.4, 0.5) is 5.13 Å². The van der Waals surface area contributed by atoms with Crippen LogP contribution in [0.5, 0.6) is 0 Å². The predicted molar refractivity (Wildman–Crippen MR) is 93.5 cm³/mol. The molecule has 2 aliphatic rings. The number of carbonyl (C=O) groups is 1. The molecule has 1 amide bonds. The molecule has 1 saturated carbocycles. The zero-order chi connectivity index (χ0) is 17.2. The third-order valence-electron chi connectivity index (χ3n) is 4.50. The highest BCUT2D eigenvalue weighted by Crippen LogP contribution is 2.42. The van der Waals surface area contributed by atoms with Crippen molar-refractivity contribution in [2.24, 2.45) is 5.92 Å². The third-order valence-corrected chi connectivity index (χ3v) is 7.43. The lowest BCUT2D eigenvalue weighted by Crippen LogP contribution is -2.44. The molecule has 7 nitrogen and oxygen atoms in total. The lowest BCUT2D eigenvalue weighted by Gasteiger charge is -2.31. The Hall–Kier alpha value is -1.06. The number of unbranched alkanes of at least 4 members (excludes halogenated alkanes) is 1. The average molecular weight is 373 g/mol. The van der Waals surface area contributed by atoms with E-state index in [0.717, 1.165) is 24.3 Å². The molecule has 1 aliphatic carbocycles. The van der Waals surface area contributed by atoms with Crippen LogP contribution in [0.15, 0.2) is 0 Å². The highest BCUT2D eigenvalue weighted by molar-refractivity contribution is 7.89. The molecule has 1 aromatic rings. The van der Waals surface area contributed by atoms with E-state index >= 15 is 0 Å². The Morgan fingerprint density at radius 1 is 1.33 bits per heavy atom. The minimum atomic E-state index is -3.26. The van der Waals surface area contributed by atoms with Gasteiger partial charge < -0.3 is 5.32 Å². The first-order valence-electron chi connectivity index (χ1n) is 8.61. The van der Waals surface area contributed by atoms with Gasteiger partial charge in [0.15, 0.2) is 0 Å². The van der Waals surface area contributed by atoms with Crippen LogP contribution in [0, 0.1) is 5.92 Å². The number of hydrogen-bond donors (Lipinski definition) is 1. The maximum atomic E-state index is 12.5. The first-order valence-corrected chi connectivity index (χ1v) is 11.0. The molecule has 2 heterocycles. The molecule has 1 atom stereocenters. The highest BCUT2D eigenvalue weighted by Gasteiger charge is 2.33. The summed E-state index contributed by atoms with van der Waals surface area (Å²) in [6.07, 6.45) is 5.22. The van der Waals surface area contributed by atoms with Crippen LogP contribution in [0.3, 0.4) is 0 Å². The molecule has 0 bridgehead atoms. The Morgan fingerprint density at radius 2 is 2.12 bits per heavy atom. The summed E-state index contributed by atoms with van der Waals surface area (Å²) in [5, 5.41) is 12.5. The number of nitrogens with zero attached hydrogens (tertiary/aromatic N) is 3. The summed E-state index contributed by atoms with van der Waals surface area (Å²) in [5.74, 6) is 0.216. The molecule has 0 spiro atoms. The Bertz CT molecular complexity index is 685. The Morgan fingerprint density at radius 3 is 2.83 bits per heavy atom. The first-order chi connectivity index (χ1) is 11.5. The van der Waals surface area contributed by atoms with Gasteiger partial charge in [-0.3, -0.25) is 4.79 Å². The van der Waals surface area contributed by atoms with Crippen molar-refractivity contribution < 1.29 is 13.2 Å². The number of anilines is 1. The molecule has 0 aromatic carbocycles. The van der Waals surface area contributed by atoms with Gasteiger partial charge in [-0.25, -0.2) is 12.7 Å². The molecule has 1 aromatic heterocycles. The summed E-state index contributed by atoms with van der Waals surface area (Å²) in [6, 6.07) is 0. The van der Waals surface area contributed by atoms with E-state index in [0.29, 0.717) is 36.9 Å². The number of piperidine rings is 1. The normalized spacial score (nSPS) is 22.5. The van der Waals surface area contributed by atoms with Gasteiger partial charge in [-0.15, -0.1) is 10.2 Å². The van der Waals surface area contributed by atoms with Crippen LogP contribution in [-0.2, 0) is 14.8 Å². The Kier molecular flexibility index (Phi) is 5.51. The van der Waals surface area contributed by atoms with Gasteiger partial charge in [0.1, 0.15) is 5.01 Å². The molecule has 134 valence electrons. The van der Waals surface area contributed by atoms with Crippen LogP contribution in [-0.4, -0.2) is 47.7 Å².